The first-order chi connectivity index (χ1) is 15.3. The monoisotopic (exact) mass is 470 g/mol. The summed E-state index contributed by atoms with van der Waals surface area (Å²) >= 11 is 1.36. The number of furan rings is 1. The van der Waals surface area contributed by atoms with Gasteiger partial charge in [0.2, 0.25) is 5.91 Å². The van der Waals surface area contributed by atoms with Crippen LogP contribution in [0.25, 0.3) is 10.2 Å². The van der Waals surface area contributed by atoms with Gasteiger partial charge in [0.05, 0.1) is 35.0 Å². The van der Waals surface area contributed by atoms with Crippen LogP contribution in [0.3, 0.4) is 0 Å². The Hall–Kier alpha value is -3.17. The van der Waals surface area contributed by atoms with Crippen molar-refractivity contribution in [2.45, 2.75) is 25.3 Å². The Morgan fingerprint density at radius 2 is 1.91 bits per heavy atom. The molecule has 0 saturated carbocycles. The molecule has 0 aliphatic carbocycles. The Morgan fingerprint density at radius 1 is 1.16 bits per heavy atom. The molecular weight excluding hydrogens is 448 g/mol. The van der Waals surface area contributed by atoms with E-state index < -0.39 is 21.5 Å². The molecule has 166 valence electrons. The SMILES string of the molecule is COc1ccc(S(=O)(=O)CC(=O)N(Cc2ccco2)c2nc3cc(C)cc(C)c3s2)cc1. The van der Waals surface area contributed by atoms with Crippen molar-refractivity contribution < 1.29 is 22.4 Å². The second-order valence-corrected chi connectivity index (χ2v) is 10.4. The van der Waals surface area contributed by atoms with Crippen LogP contribution in [0.1, 0.15) is 16.9 Å². The van der Waals surface area contributed by atoms with Gasteiger partial charge in [-0.25, -0.2) is 13.4 Å². The second kappa shape index (κ2) is 8.76. The number of benzene rings is 2. The number of anilines is 1. The lowest BCUT2D eigenvalue weighted by molar-refractivity contribution is -0.116. The first-order valence-electron chi connectivity index (χ1n) is 9.84. The van der Waals surface area contributed by atoms with Crippen LogP contribution in [0.15, 0.2) is 64.1 Å². The molecule has 0 aliphatic heterocycles. The molecular formula is C23H22N2O5S2. The lowest BCUT2D eigenvalue weighted by Gasteiger charge is -2.18. The van der Waals surface area contributed by atoms with Crippen molar-refractivity contribution in [2.24, 2.45) is 0 Å². The Balaban J connectivity index is 1.68. The summed E-state index contributed by atoms with van der Waals surface area (Å²) in [6, 6.07) is 13.4. The summed E-state index contributed by atoms with van der Waals surface area (Å²) in [7, 11) is -2.36. The van der Waals surface area contributed by atoms with E-state index in [1.165, 1.54) is 41.7 Å². The third-order valence-corrected chi connectivity index (χ3v) is 7.81. The highest BCUT2D eigenvalue weighted by Gasteiger charge is 2.27. The molecule has 0 unspecified atom stereocenters. The fourth-order valence-electron chi connectivity index (χ4n) is 3.41. The molecule has 32 heavy (non-hydrogen) atoms. The molecule has 0 bridgehead atoms. The molecule has 2 aromatic heterocycles. The van der Waals surface area contributed by atoms with Gasteiger partial charge in [-0.2, -0.15) is 0 Å². The number of ether oxygens (including phenoxy) is 1. The molecule has 0 atom stereocenters. The Morgan fingerprint density at radius 3 is 2.56 bits per heavy atom. The summed E-state index contributed by atoms with van der Waals surface area (Å²) in [6.07, 6.45) is 1.51. The lowest BCUT2D eigenvalue weighted by Crippen LogP contribution is -2.35. The van der Waals surface area contributed by atoms with Gasteiger partial charge < -0.3 is 9.15 Å². The van der Waals surface area contributed by atoms with E-state index in [1.54, 1.807) is 24.3 Å². The van der Waals surface area contributed by atoms with Crippen LogP contribution in [0.2, 0.25) is 0 Å². The Kier molecular flexibility index (Phi) is 6.03. The second-order valence-electron chi connectivity index (χ2n) is 7.42. The molecule has 0 spiro atoms. The van der Waals surface area contributed by atoms with Crippen molar-refractivity contribution in [3.05, 3.63) is 71.7 Å². The third kappa shape index (κ3) is 4.53. The van der Waals surface area contributed by atoms with Crippen LogP contribution >= 0.6 is 11.3 Å². The molecule has 0 fully saturated rings. The first-order valence-corrected chi connectivity index (χ1v) is 12.3. The number of amides is 1. The summed E-state index contributed by atoms with van der Waals surface area (Å²) < 4.78 is 37.3. The van der Waals surface area contributed by atoms with Gasteiger partial charge in [-0.05, 0) is 67.4 Å². The van der Waals surface area contributed by atoms with Crippen molar-refractivity contribution >= 4 is 42.4 Å². The minimum Gasteiger partial charge on any atom is -0.497 e. The molecule has 0 saturated heterocycles. The van der Waals surface area contributed by atoms with Crippen molar-refractivity contribution in [3.63, 3.8) is 0 Å². The van der Waals surface area contributed by atoms with Crippen molar-refractivity contribution in [1.29, 1.82) is 0 Å². The largest absolute Gasteiger partial charge is 0.497 e. The number of hydrogen-bond donors (Lipinski definition) is 0. The average molecular weight is 471 g/mol. The van der Waals surface area contributed by atoms with Gasteiger partial charge in [0, 0.05) is 0 Å². The highest BCUT2D eigenvalue weighted by Crippen LogP contribution is 2.33. The number of carbonyl (C=O) groups is 1. The summed E-state index contributed by atoms with van der Waals surface area (Å²) in [5.74, 6) is -0.193. The molecule has 2 heterocycles. The average Bonchev–Trinajstić information content (AvgIpc) is 3.41. The normalized spacial score (nSPS) is 11.6. The number of fused-ring (bicyclic) bond motifs is 1. The molecule has 0 radical (unpaired) electrons. The van der Waals surface area contributed by atoms with Crippen LogP contribution in [0, 0.1) is 13.8 Å². The number of aryl methyl sites for hydroxylation is 2. The fourth-order valence-corrected chi connectivity index (χ4v) is 5.64. The van der Waals surface area contributed by atoms with Crippen LogP contribution in [0.4, 0.5) is 5.13 Å². The van der Waals surface area contributed by atoms with Gasteiger partial charge in [0.25, 0.3) is 0 Å². The van der Waals surface area contributed by atoms with E-state index in [1.807, 2.05) is 19.9 Å². The molecule has 4 aromatic rings. The molecule has 2 aromatic carbocycles. The van der Waals surface area contributed by atoms with Crippen molar-refractivity contribution in [1.82, 2.24) is 4.98 Å². The van der Waals surface area contributed by atoms with Crippen LogP contribution in [0.5, 0.6) is 5.75 Å². The third-order valence-electron chi connectivity index (χ3n) is 4.97. The number of methoxy groups -OCH3 is 1. The molecule has 1 amide bonds. The van der Waals surface area contributed by atoms with E-state index >= 15 is 0 Å². The minimum atomic E-state index is -3.86. The molecule has 0 N–H and O–H groups in total. The van der Waals surface area contributed by atoms with Gasteiger partial charge in [-0.3, -0.25) is 9.69 Å². The number of thiazole rings is 1. The zero-order valence-electron chi connectivity index (χ0n) is 17.9. The Labute approximate surface area is 190 Å². The maximum Gasteiger partial charge on any atom is 0.244 e. The van der Waals surface area contributed by atoms with Crippen LogP contribution in [-0.2, 0) is 21.2 Å². The highest BCUT2D eigenvalue weighted by molar-refractivity contribution is 7.92. The molecule has 0 aliphatic rings. The van der Waals surface area contributed by atoms with E-state index in [2.05, 4.69) is 11.1 Å². The summed E-state index contributed by atoms with van der Waals surface area (Å²) in [4.78, 5) is 19.3. The summed E-state index contributed by atoms with van der Waals surface area (Å²) in [5, 5.41) is 0.431. The van der Waals surface area contributed by atoms with E-state index in [-0.39, 0.29) is 11.4 Å². The van der Waals surface area contributed by atoms with Gasteiger partial charge in [0.15, 0.2) is 15.0 Å². The quantitative estimate of drug-likeness (QED) is 0.394. The van der Waals surface area contributed by atoms with E-state index in [0.717, 1.165) is 21.3 Å². The van der Waals surface area contributed by atoms with Gasteiger partial charge in [-0.1, -0.05) is 17.4 Å². The van der Waals surface area contributed by atoms with Crippen molar-refractivity contribution in [3.8, 4) is 5.75 Å². The number of aromatic nitrogens is 1. The number of hydrogen-bond acceptors (Lipinski definition) is 7. The Bertz CT molecular complexity index is 1360. The maximum atomic E-state index is 13.3. The first kappa shape index (κ1) is 22.0. The number of rotatable bonds is 7. The molecule has 9 heteroatoms. The number of sulfone groups is 1. The van der Waals surface area contributed by atoms with E-state index in [0.29, 0.717) is 16.6 Å². The van der Waals surface area contributed by atoms with Gasteiger partial charge in [0.1, 0.15) is 17.3 Å². The lowest BCUT2D eigenvalue weighted by atomic mass is 10.1. The van der Waals surface area contributed by atoms with Gasteiger partial charge >= 0.3 is 0 Å². The van der Waals surface area contributed by atoms with Crippen molar-refractivity contribution in [2.75, 3.05) is 17.8 Å². The van der Waals surface area contributed by atoms with E-state index in [4.69, 9.17) is 9.15 Å². The van der Waals surface area contributed by atoms with E-state index in [9.17, 15) is 13.2 Å². The zero-order valence-corrected chi connectivity index (χ0v) is 19.5. The highest BCUT2D eigenvalue weighted by atomic mass is 32.2. The molecule has 4 rings (SSSR count). The molecule has 7 nitrogen and oxygen atoms in total. The minimum absolute atomic E-state index is 0.0559. The van der Waals surface area contributed by atoms with Crippen LogP contribution < -0.4 is 9.64 Å². The summed E-state index contributed by atoms with van der Waals surface area (Å²) in [5.41, 5.74) is 2.90. The van der Waals surface area contributed by atoms with Crippen LogP contribution in [-0.4, -0.2) is 32.2 Å². The maximum absolute atomic E-state index is 13.3. The summed E-state index contributed by atoms with van der Waals surface area (Å²) in [6.45, 7) is 4.06. The predicted molar refractivity (Wildman–Crippen MR) is 124 cm³/mol. The standard InChI is InChI=1S/C23H22N2O5S2/c1-15-11-16(2)22-20(12-15)24-23(31-22)25(13-18-5-4-10-30-18)21(26)14-32(27,28)19-8-6-17(29-3)7-9-19/h4-12H,13-14H2,1-3H3. The fraction of sp³-hybridized carbons (Fsp3) is 0.217. The smallest absolute Gasteiger partial charge is 0.244 e. The number of nitrogens with zero attached hydrogens (tertiary/aromatic N) is 2. The number of carbonyl (C=O) groups excluding carboxylic acids is 1. The zero-order chi connectivity index (χ0) is 22.9. The topological polar surface area (TPSA) is 89.7 Å². The van der Waals surface area contributed by atoms with Gasteiger partial charge in [-0.15, -0.1) is 0 Å². The predicted octanol–water partition coefficient (Wildman–Crippen LogP) is 4.52.